The largest absolute Gasteiger partial charge is 0.465 e. The van der Waals surface area contributed by atoms with Gasteiger partial charge in [-0.15, -0.1) is 0 Å². The maximum absolute atomic E-state index is 12.5. The lowest BCUT2D eigenvalue weighted by Crippen LogP contribution is -2.51. The Kier molecular flexibility index (Phi) is 6.10. The molecule has 1 aliphatic rings. The van der Waals surface area contributed by atoms with Gasteiger partial charge in [0.05, 0.1) is 12.7 Å². The highest BCUT2D eigenvalue weighted by atomic mass is 16.5. The molecule has 0 saturated carbocycles. The van der Waals surface area contributed by atoms with Gasteiger partial charge in [0.25, 0.3) is 0 Å². The molecule has 0 bridgehead atoms. The van der Waals surface area contributed by atoms with E-state index in [2.05, 4.69) is 4.74 Å². The number of methoxy groups -OCH3 is 1. The number of esters is 1. The molecule has 0 aromatic heterocycles. The molecular weight excluding hydrogens is 326 g/mol. The fourth-order valence-corrected chi connectivity index (χ4v) is 2.62. The molecule has 0 spiro atoms. The standard InChI is InChI=1S/C17H21N3O5/c1-13(22)20(15-5-3-4-14(10-15)17(24)25-2)11-16(23)19-8-6-18(12-21)7-9-19/h3-5,10,12H,6-9,11H2,1-2H3. The van der Waals surface area contributed by atoms with Gasteiger partial charge in [-0.25, -0.2) is 4.79 Å². The third-order valence-electron chi connectivity index (χ3n) is 4.07. The van der Waals surface area contributed by atoms with E-state index in [-0.39, 0.29) is 18.4 Å². The molecule has 8 heteroatoms. The van der Waals surface area contributed by atoms with Gasteiger partial charge in [0.1, 0.15) is 6.54 Å². The highest BCUT2D eigenvalue weighted by Gasteiger charge is 2.24. The summed E-state index contributed by atoms with van der Waals surface area (Å²) in [5.74, 6) is -1.02. The van der Waals surface area contributed by atoms with Crippen molar-refractivity contribution >= 4 is 29.9 Å². The highest BCUT2D eigenvalue weighted by molar-refractivity contribution is 5.99. The van der Waals surface area contributed by atoms with E-state index in [0.29, 0.717) is 37.4 Å². The molecule has 0 unspecified atom stereocenters. The number of hydrogen-bond acceptors (Lipinski definition) is 5. The Morgan fingerprint density at radius 3 is 2.44 bits per heavy atom. The number of carbonyl (C=O) groups excluding carboxylic acids is 4. The number of amides is 3. The zero-order chi connectivity index (χ0) is 18.4. The summed E-state index contributed by atoms with van der Waals surface area (Å²) in [5.41, 5.74) is 0.758. The van der Waals surface area contributed by atoms with Crippen molar-refractivity contribution in [2.45, 2.75) is 6.92 Å². The van der Waals surface area contributed by atoms with E-state index < -0.39 is 5.97 Å². The van der Waals surface area contributed by atoms with E-state index in [1.807, 2.05) is 0 Å². The van der Waals surface area contributed by atoms with Gasteiger partial charge in [-0.1, -0.05) is 6.07 Å². The quantitative estimate of drug-likeness (QED) is 0.558. The van der Waals surface area contributed by atoms with Crippen LogP contribution in [-0.2, 0) is 19.1 Å². The Bertz CT molecular complexity index is 668. The van der Waals surface area contributed by atoms with Crippen molar-refractivity contribution in [3.05, 3.63) is 29.8 Å². The number of rotatable bonds is 5. The van der Waals surface area contributed by atoms with Gasteiger partial charge in [0.15, 0.2) is 0 Å². The Labute approximate surface area is 145 Å². The molecule has 1 saturated heterocycles. The van der Waals surface area contributed by atoms with Gasteiger partial charge in [-0.3, -0.25) is 14.4 Å². The average molecular weight is 347 g/mol. The summed E-state index contributed by atoms with van der Waals surface area (Å²) >= 11 is 0. The number of piperazine rings is 1. The molecule has 134 valence electrons. The molecular formula is C17H21N3O5. The van der Waals surface area contributed by atoms with Crippen molar-refractivity contribution in [1.82, 2.24) is 9.80 Å². The van der Waals surface area contributed by atoms with Crippen LogP contribution in [0.1, 0.15) is 17.3 Å². The molecule has 1 fully saturated rings. The normalized spacial score (nSPS) is 14.0. The summed E-state index contributed by atoms with van der Waals surface area (Å²) in [6.45, 7) is 3.07. The second-order valence-electron chi connectivity index (χ2n) is 5.67. The van der Waals surface area contributed by atoms with Crippen LogP contribution in [0.2, 0.25) is 0 Å². The zero-order valence-corrected chi connectivity index (χ0v) is 14.3. The van der Waals surface area contributed by atoms with Crippen LogP contribution in [0, 0.1) is 0 Å². The van der Waals surface area contributed by atoms with Gasteiger partial charge < -0.3 is 19.4 Å². The first-order valence-corrected chi connectivity index (χ1v) is 7.90. The second kappa shape index (κ2) is 8.27. The minimum Gasteiger partial charge on any atom is -0.465 e. The molecule has 0 aliphatic carbocycles. The maximum Gasteiger partial charge on any atom is 0.337 e. The van der Waals surface area contributed by atoms with Crippen molar-refractivity contribution in [2.75, 3.05) is 44.7 Å². The molecule has 1 aliphatic heterocycles. The average Bonchev–Trinajstić information content (AvgIpc) is 2.65. The summed E-state index contributed by atoms with van der Waals surface area (Å²) in [5, 5.41) is 0. The molecule has 8 nitrogen and oxygen atoms in total. The molecule has 1 heterocycles. The SMILES string of the molecule is COC(=O)c1cccc(N(CC(=O)N2CCN(C=O)CC2)C(C)=O)c1. The van der Waals surface area contributed by atoms with Crippen molar-refractivity contribution in [3.8, 4) is 0 Å². The molecule has 1 aromatic rings. The van der Waals surface area contributed by atoms with Gasteiger partial charge in [0.2, 0.25) is 18.2 Å². The van der Waals surface area contributed by atoms with Crippen LogP contribution < -0.4 is 4.90 Å². The van der Waals surface area contributed by atoms with Crippen LogP contribution >= 0.6 is 0 Å². The summed E-state index contributed by atoms with van der Waals surface area (Å²) < 4.78 is 4.68. The number of hydrogen-bond donors (Lipinski definition) is 0. The smallest absolute Gasteiger partial charge is 0.337 e. The fourth-order valence-electron chi connectivity index (χ4n) is 2.62. The summed E-state index contributed by atoms with van der Waals surface area (Å²) in [4.78, 5) is 51.4. The predicted molar refractivity (Wildman–Crippen MR) is 90.0 cm³/mol. The van der Waals surface area contributed by atoms with E-state index >= 15 is 0 Å². The van der Waals surface area contributed by atoms with E-state index in [1.165, 1.54) is 25.0 Å². The number of nitrogens with zero attached hydrogens (tertiary/aromatic N) is 3. The highest BCUT2D eigenvalue weighted by Crippen LogP contribution is 2.18. The first-order valence-electron chi connectivity index (χ1n) is 7.90. The minimum atomic E-state index is -0.512. The number of anilines is 1. The molecule has 1 aromatic carbocycles. The van der Waals surface area contributed by atoms with Crippen molar-refractivity contribution in [3.63, 3.8) is 0 Å². The number of carbonyl (C=O) groups is 4. The van der Waals surface area contributed by atoms with Gasteiger partial charge in [-0.05, 0) is 18.2 Å². The van der Waals surface area contributed by atoms with E-state index in [4.69, 9.17) is 0 Å². The lowest BCUT2D eigenvalue weighted by molar-refractivity contribution is -0.134. The predicted octanol–water partition coefficient (Wildman–Crippen LogP) is 0.127. The van der Waals surface area contributed by atoms with Gasteiger partial charge in [0, 0.05) is 38.8 Å². The third-order valence-corrected chi connectivity index (χ3v) is 4.07. The Balaban J connectivity index is 2.11. The van der Waals surface area contributed by atoms with Crippen LogP contribution in [-0.4, -0.2) is 73.8 Å². The van der Waals surface area contributed by atoms with E-state index in [0.717, 1.165) is 6.41 Å². The molecule has 0 radical (unpaired) electrons. The molecule has 2 rings (SSSR count). The lowest BCUT2D eigenvalue weighted by atomic mass is 10.2. The van der Waals surface area contributed by atoms with E-state index in [9.17, 15) is 19.2 Å². The maximum atomic E-state index is 12.5. The van der Waals surface area contributed by atoms with Crippen LogP contribution in [0.15, 0.2) is 24.3 Å². The van der Waals surface area contributed by atoms with Crippen LogP contribution in [0.5, 0.6) is 0 Å². The molecule has 0 N–H and O–H groups in total. The molecule has 3 amide bonds. The first kappa shape index (κ1) is 18.4. The van der Waals surface area contributed by atoms with Crippen molar-refractivity contribution < 1.29 is 23.9 Å². The Morgan fingerprint density at radius 1 is 1.20 bits per heavy atom. The Morgan fingerprint density at radius 2 is 1.88 bits per heavy atom. The van der Waals surface area contributed by atoms with Crippen LogP contribution in [0.25, 0.3) is 0 Å². The van der Waals surface area contributed by atoms with Crippen LogP contribution in [0.3, 0.4) is 0 Å². The van der Waals surface area contributed by atoms with E-state index in [1.54, 1.807) is 28.0 Å². The van der Waals surface area contributed by atoms with Crippen molar-refractivity contribution in [2.24, 2.45) is 0 Å². The lowest BCUT2D eigenvalue weighted by Gasteiger charge is -2.34. The van der Waals surface area contributed by atoms with Crippen LogP contribution in [0.4, 0.5) is 5.69 Å². The fraction of sp³-hybridized carbons (Fsp3) is 0.412. The number of benzene rings is 1. The van der Waals surface area contributed by atoms with Gasteiger partial charge in [-0.2, -0.15) is 0 Å². The monoisotopic (exact) mass is 347 g/mol. The third kappa shape index (κ3) is 4.56. The topological polar surface area (TPSA) is 87.2 Å². The number of ether oxygens (including phenoxy) is 1. The molecule has 25 heavy (non-hydrogen) atoms. The van der Waals surface area contributed by atoms with Crippen molar-refractivity contribution in [1.29, 1.82) is 0 Å². The molecule has 0 atom stereocenters. The summed E-state index contributed by atoms with van der Waals surface area (Å²) in [6, 6.07) is 6.38. The first-order chi connectivity index (χ1) is 12.0. The Hall–Kier alpha value is -2.90. The second-order valence-corrected chi connectivity index (χ2v) is 5.67. The van der Waals surface area contributed by atoms with Gasteiger partial charge >= 0.3 is 5.97 Å². The summed E-state index contributed by atoms with van der Waals surface area (Å²) in [6.07, 6.45) is 0.766. The summed E-state index contributed by atoms with van der Waals surface area (Å²) in [7, 11) is 1.28. The zero-order valence-electron chi connectivity index (χ0n) is 14.3. The minimum absolute atomic E-state index is 0.124.